The van der Waals surface area contributed by atoms with Crippen molar-refractivity contribution in [2.24, 2.45) is 50.7 Å². The number of carboxylic acids is 1. The first-order chi connectivity index (χ1) is 24.7. The van der Waals surface area contributed by atoms with Crippen LogP contribution in [0.25, 0.3) is 11.6 Å². The van der Waals surface area contributed by atoms with E-state index in [1.54, 1.807) is 26.0 Å². The number of allylic oxidation sites excluding steroid dienone is 2. The van der Waals surface area contributed by atoms with Crippen molar-refractivity contribution in [2.75, 3.05) is 0 Å². The molecule has 4 fully saturated rings. The lowest BCUT2D eigenvalue weighted by atomic mass is 9.33. The van der Waals surface area contributed by atoms with E-state index in [4.69, 9.17) is 9.15 Å². The fourth-order valence-corrected chi connectivity index (χ4v) is 12.8. The summed E-state index contributed by atoms with van der Waals surface area (Å²) in [6.45, 7) is 19.5. The number of hydrogen-bond acceptors (Lipinski definition) is 9. The molecule has 5 aliphatic rings. The van der Waals surface area contributed by atoms with Gasteiger partial charge in [0, 0.05) is 18.0 Å². The number of carboxylic acid groups (broad SMARTS) is 1. The Morgan fingerprint density at radius 3 is 2.38 bits per heavy atom. The number of esters is 1. The second-order valence-electron chi connectivity index (χ2n) is 19.4. The zero-order valence-electron chi connectivity index (χ0n) is 33.0. The topological polar surface area (TPSA) is 156 Å². The van der Waals surface area contributed by atoms with Gasteiger partial charge < -0.3 is 14.3 Å². The molecule has 284 valence electrons. The third kappa shape index (κ3) is 5.37. The smallest absolute Gasteiger partial charge is 0.309 e. The molecule has 2 aromatic rings. The summed E-state index contributed by atoms with van der Waals surface area (Å²) in [5, 5.41) is 27.9. The van der Waals surface area contributed by atoms with Crippen molar-refractivity contribution >= 4 is 17.7 Å². The summed E-state index contributed by atoms with van der Waals surface area (Å²) in [6.07, 6.45) is 9.01. The molecule has 0 saturated heterocycles. The van der Waals surface area contributed by atoms with Crippen LogP contribution in [-0.4, -0.2) is 44.1 Å². The van der Waals surface area contributed by atoms with E-state index in [0.29, 0.717) is 41.3 Å². The Hall–Kier alpha value is -3.87. The zero-order chi connectivity index (χ0) is 38.5. The highest BCUT2D eigenvalue weighted by Crippen LogP contribution is 2.76. The van der Waals surface area contributed by atoms with E-state index in [9.17, 15) is 24.8 Å². The average Bonchev–Trinajstić information content (AvgIpc) is 3.70. The molecule has 10 heteroatoms. The lowest BCUT2D eigenvalue weighted by Crippen LogP contribution is -2.66. The van der Waals surface area contributed by atoms with Gasteiger partial charge in [-0.25, -0.2) is 4.98 Å². The number of carbonyl (C=O) groups is 3. The average molecular weight is 725 g/mol. The molecule has 1 N–H and O–H groups in total. The second kappa shape index (κ2) is 12.3. The van der Waals surface area contributed by atoms with Crippen LogP contribution < -0.4 is 0 Å². The highest BCUT2D eigenvalue weighted by molar-refractivity contribution is 6.01. The van der Waals surface area contributed by atoms with E-state index in [1.165, 1.54) is 11.8 Å². The predicted molar refractivity (Wildman–Crippen MR) is 197 cm³/mol. The lowest BCUT2D eigenvalue weighted by molar-refractivity contribution is -0.232. The quantitative estimate of drug-likeness (QED) is 0.274. The Morgan fingerprint density at radius 1 is 1.00 bits per heavy atom. The molecule has 2 aromatic heterocycles. The molecule has 8 atom stereocenters. The van der Waals surface area contributed by atoms with E-state index in [0.717, 1.165) is 56.9 Å². The number of nitrogens with zero attached hydrogens (tertiary/aromatic N) is 4. The van der Waals surface area contributed by atoms with Gasteiger partial charge in [0.1, 0.15) is 17.9 Å². The monoisotopic (exact) mass is 724 g/mol. The van der Waals surface area contributed by atoms with Gasteiger partial charge in [-0.05, 0) is 128 Å². The Bertz CT molecular complexity index is 1920. The number of Topliss-reactive ketones (excluding diaryl/α,β-unsaturated/α-hetero) is 1. The van der Waals surface area contributed by atoms with Crippen LogP contribution >= 0.6 is 0 Å². The Labute approximate surface area is 313 Å². The zero-order valence-corrected chi connectivity index (χ0v) is 33.0. The number of ether oxygens (including phenoxy) is 1. The molecule has 7 rings (SSSR count). The van der Waals surface area contributed by atoms with Crippen molar-refractivity contribution in [1.29, 1.82) is 5.26 Å². The molecule has 0 aliphatic heterocycles. The summed E-state index contributed by atoms with van der Waals surface area (Å²) >= 11 is 0. The molecule has 0 aromatic carbocycles. The van der Waals surface area contributed by atoms with E-state index < -0.39 is 22.8 Å². The molecule has 5 aliphatic carbocycles. The Kier molecular flexibility index (Phi) is 8.71. The second-order valence-corrected chi connectivity index (χ2v) is 19.4. The number of aliphatic carboxylic acids is 1. The van der Waals surface area contributed by atoms with Crippen molar-refractivity contribution in [3.8, 4) is 17.7 Å². The minimum Gasteiger partial charge on any atom is -0.481 e. The fourth-order valence-electron chi connectivity index (χ4n) is 12.8. The van der Waals surface area contributed by atoms with E-state index >= 15 is 0 Å². The number of carbonyl (C=O) groups excluding carboxylic acids is 2. The van der Waals surface area contributed by atoms with Crippen molar-refractivity contribution in [2.45, 2.75) is 138 Å². The van der Waals surface area contributed by atoms with Crippen molar-refractivity contribution in [3.05, 3.63) is 40.9 Å². The standard InChI is InChI=1S/C43H56N4O6/c1-24(2)33-28(48)20-43(36-47-46-35(53-36)27-12-10-25(22-44)23-45-27)19-18-41(8)26(34(33)43)11-13-30-40(7)16-15-31(52-32(49)21-38(3,4)37(50)51)39(5,6)29(40)14-17-42(30,41)9/h10,12,23-24,26,29-31H,11,13-21H2,1-9H3,(H,50,51)/t26-,29+,30-,31+,40+,41-,42-,43-/m1/s1. The van der Waals surface area contributed by atoms with Crippen LogP contribution in [0.1, 0.15) is 138 Å². The van der Waals surface area contributed by atoms with E-state index in [-0.39, 0.29) is 51.8 Å². The molecule has 4 saturated carbocycles. The van der Waals surface area contributed by atoms with Crippen molar-refractivity contribution in [1.82, 2.24) is 15.2 Å². The first-order valence-electron chi connectivity index (χ1n) is 19.7. The summed E-state index contributed by atoms with van der Waals surface area (Å²) < 4.78 is 12.6. The van der Waals surface area contributed by atoms with Crippen LogP contribution in [0.15, 0.2) is 33.9 Å². The number of pyridine rings is 1. The van der Waals surface area contributed by atoms with Gasteiger partial charge in [-0.1, -0.05) is 48.5 Å². The van der Waals surface area contributed by atoms with Crippen molar-refractivity contribution in [3.63, 3.8) is 0 Å². The Morgan fingerprint density at radius 2 is 1.74 bits per heavy atom. The molecular formula is C43H56N4O6. The molecule has 0 spiro atoms. The summed E-state index contributed by atoms with van der Waals surface area (Å²) in [4.78, 5) is 43.4. The summed E-state index contributed by atoms with van der Waals surface area (Å²) in [5.41, 5.74) is 1.08. The highest BCUT2D eigenvalue weighted by atomic mass is 16.5. The molecule has 0 amide bonds. The van der Waals surface area contributed by atoms with Crippen LogP contribution in [0.5, 0.6) is 0 Å². The number of hydrogen-bond donors (Lipinski definition) is 1. The summed E-state index contributed by atoms with van der Waals surface area (Å²) in [7, 11) is 0. The minimum absolute atomic E-state index is 0.0194. The van der Waals surface area contributed by atoms with Gasteiger partial charge in [-0.2, -0.15) is 5.26 Å². The van der Waals surface area contributed by atoms with Crippen LogP contribution in [0.4, 0.5) is 0 Å². The van der Waals surface area contributed by atoms with Crippen molar-refractivity contribution < 1.29 is 28.6 Å². The normalized spacial score (nSPS) is 36.2. The van der Waals surface area contributed by atoms with Crippen LogP contribution in [-0.2, 0) is 24.5 Å². The van der Waals surface area contributed by atoms with Gasteiger partial charge >= 0.3 is 11.9 Å². The van der Waals surface area contributed by atoms with E-state index in [2.05, 4.69) is 69.7 Å². The molecule has 0 radical (unpaired) electrons. The van der Waals surface area contributed by atoms with Gasteiger partial charge in [-0.15, -0.1) is 10.2 Å². The number of fused-ring (bicyclic) bond motifs is 7. The number of ketones is 1. The molecular weight excluding hydrogens is 668 g/mol. The van der Waals surface area contributed by atoms with Gasteiger partial charge in [0.2, 0.25) is 5.89 Å². The third-order valence-corrected chi connectivity index (χ3v) is 15.8. The summed E-state index contributed by atoms with van der Waals surface area (Å²) in [6, 6.07) is 5.51. The van der Waals surface area contributed by atoms with Crippen LogP contribution in [0.2, 0.25) is 0 Å². The van der Waals surface area contributed by atoms with Crippen LogP contribution in [0.3, 0.4) is 0 Å². The van der Waals surface area contributed by atoms with Gasteiger partial charge in [0.05, 0.1) is 22.8 Å². The number of rotatable bonds is 7. The first-order valence-corrected chi connectivity index (χ1v) is 19.7. The maximum Gasteiger partial charge on any atom is 0.309 e. The number of nitriles is 1. The highest BCUT2D eigenvalue weighted by Gasteiger charge is 2.71. The maximum atomic E-state index is 14.1. The maximum absolute atomic E-state index is 14.1. The van der Waals surface area contributed by atoms with E-state index in [1.807, 2.05) is 0 Å². The number of aromatic nitrogens is 3. The fraction of sp³-hybridized carbons (Fsp3) is 0.698. The summed E-state index contributed by atoms with van der Waals surface area (Å²) in [5.74, 6) is 0.650. The first kappa shape index (κ1) is 37.4. The lowest BCUT2D eigenvalue weighted by Gasteiger charge is -2.72. The molecule has 2 heterocycles. The largest absolute Gasteiger partial charge is 0.481 e. The Balaban J connectivity index is 1.20. The minimum atomic E-state index is -1.18. The molecule has 53 heavy (non-hydrogen) atoms. The van der Waals surface area contributed by atoms with Gasteiger partial charge in [-0.3, -0.25) is 14.4 Å². The van der Waals surface area contributed by atoms with Crippen LogP contribution in [0, 0.1) is 62.1 Å². The van der Waals surface area contributed by atoms with Gasteiger partial charge in [0.15, 0.2) is 5.78 Å². The third-order valence-electron chi connectivity index (χ3n) is 15.8. The molecule has 0 bridgehead atoms. The predicted octanol–water partition coefficient (Wildman–Crippen LogP) is 8.65. The molecule has 0 unspecified atom stereocenters. The molecule has 10 nitrogen and oxygen atoms in total. The van der Waals surface area contributed by atoms with Gasteiger partial charge in [0.25, 0.3) is 5.89 Å². The SMILES string of the molecule is CC(C)C1=C2[C@H]3CC[C@@H]4[C@@]5(C)CC[C@H](OC(=O)CC(C)(C)C(=O)O)C(C)(C)[C@@H]5CC[C@@]4(C)[C@]3(C)CC[C@@]2(c2nnc(-c3ccc(C#N)cn3)o2)CC1=O.